The van der Waals surface area contributed by atoms with Gasteiger partial charge < -0.3 is 15.1 Å². The smallest absolute Gasteiger partial charge is 0.319 e. The number of rotatable bonds is 5. The molecule has 1 fully saturated rings. The van der Waals surface area contributed by atoms with Crippen molar-refractivity contribution in [1.82, 2.24) is 5.32 Å². The van der Waals surface area contributed by atoms with Gasteiger partial charge in [0.15, 0.2) is 0 Å². The van der Waals surface area contributed by atoms with Gasteiger partial charge in [0.05, 0.1) is 12.5 Å². The second kappa shape index (κ2) is 7.40. The molecule has 1 aliphatic rings. The Balaban J connectivity index is 1.46. The van der Waals surface area contributed by atoms with Crippen LogP contribution in [0.2, 0.25) is 0 Å². The second-order valence-corrected chi connectivity index (χ2v) is 6.86. The molecule has 2 N–H and O–H groups in total. The first-order valence-electron chi connectivity index (χ1n) is 7.62. The monoisotopic (exact) mass is 316 g/mol. The minimum atomic E-state index is -0.211. The van der Waals surface area contributed by atoms with E-state index in [0.717, 1.165) is 16.5 Å². The number of nitrogens with one attached hydrogen (secondary N) is 2. The van der Waals surface area contributed by atoms with E-state index in [1.165, 1.54) is 30.6 Å². The summed E-state index contributed by atoms with van der Waals surface area (Å²) in [4.78, 5) is 13.1. The highest BCUT2D eigenvalue weighted by Gasteiger charge is 2.15. The van der Waals surface area contributed by atoms with Crippen LogP contribution in [0.3, 0.4) is 0 Å². The van der Waals surface area contributed by atoms with Crippen molar-refractivity contribution in [2.24, 2.45) is 0 Å². The van der Waals surface area contributed by atoms with Gasteiger partial charge in [-0.2, -0.15) is 0 Å². The van der Waals surface area contributed by atoms with E-state index < -0.39 is 0 Å². The fourth-order valence-corrected chi connectivity index (χ4v) is 3.81. The lowest BCUT2D eigenvalue weighted by atomic mass is 10.3. The van der Waals surface area contributed by atoms with E-state index in [9.17, 15) is 4.79 Å². The fourth-order valence-electron chi connectivity index (χ4n) is 2.57. The highest BCUT2D eigenvalue weighted by Crippen LogP contribution is 2.34. The normalized spacial score (nSPS) is 14.9. The number of carbonyl (C=O) groups is 1. The van der Waals surface area contributed by atoms with Crippen molar-refractivity contribution in [3.8, 4) is 0 Å². The van der Waals surface area contributed by atoms with E-state index in [-0.39, 0.29) is 6.03 Å². The Hall–Kier alpha value is -1.88. The Labute approximate surface area is 134 Å². The van der Waals surface area contributed by atoms with Gasteiger partial charge in [-0.1, -0.05) is 12.8 Å². The second-order valence-electron chi connectivity index (χ2n) is 5.49. The summed E-state index contributed by atoms with van der Waals surface area (Å²) < 4.78 is 4.96. The molecule has 1 saturated carbocycles. The maximum atomic E-state index is 11.8. The first-order chi connectivity index (χ1) is 10.8. The summed E-state index contributed by atoms with van der Waals surface area (Å²) in [6, 6.07) is 9.68. The van der Waals surface area contributed by atoms with Crippen molar-refractivity contribution in [3.05, 3.63) is 48.4 Å². The molecule has 0 aliphatic heterocycles. The third-order valence-electron chi connectivity index (χ3n) is 3.75. The zero-order chi connectivity index (χ0) is 15.2. The van der Waals surface area contributed by atoms with Crippen molar-refractivity contribution in [1.29, 1.82) is 0 Å². The van der Waals surface area contributed by atoms with Crippen LogP contribution in [0.5, 0.6) is 0 Å². The number of thioether (sulfide) groups is 1. The summed E-state index contributed by atoms with van der Waals surface area (Å²) in [5.41, 5.74) is 1.75. The molecule has 0 spiro atoms. The largest absolute Gasteiger partial charge is 0.472 e. The fraction of sp³-hybridized carbons (Fsp3) is 0.353. The van der Waals surface area contributed by atoms with Crippen LogP contribution in [-0.4, -0.2) is 11.3 Å². The molecule has 2 amide bonds. The molecule has 22 heavy (non-hydrogen) atoms. The summed E-state index contributed by atoms with van der Waals surface area (Å²) in [7, 11) is 0. The van der Waals surface area contributed by atoms with Crippen LogP contribution >= 0.6 is 11.8 Å². The van der Waals surface area contributed by atoms with Gasteiger partial charge >= 0.3 is 6.03 Å². The number of hydrogen-bond donors (Lipinski definition) is 2. The minimum absolute atomic E-state index is 0.211. The number of hydrogen-bond acceptors (Lipinski definition) is 3. The minimum Gasteiger partial charge on any atom is -0.472 e. The highest BCUT2D eigenvalue weighted by atomic mass is 32.2. The van der Waals surface area contributed by atoms with Crippen molar-refractivity contribution >= 4 is 23.5 Å². The topological polar surface area (TPSA) is 54.3 Å². The van der Waals surface area contributed by atoms with Crippen LogP contribution in [0.4, 0.5) is 10.5 Å². The Morgan fingerprint density at radius 1 is 1.18 bits per heavy atom. The molecule has 3 rings (SSSR count). The molecule has 0 radical (unpaired) electrons. The molecule has 1 aromatic heterocycles. The maximum Gasteiger partial charge on any atom is 0.319 e. The van der Waals surface area contributed by atoms with Crippen LogP contribution < -0.4 is 10.6 Å². The third-order valence-corrected chi connectivity index (χ3v) is 5.10. The van der Waals surface area contributed by atoms with E-state index in [4.69, 9.17) is 4.42 Å². The molecule has 0 saturated heterocycles. The van der Waals surface area contributed by atoms with Gasteiger partial charge in [0.2, 0.25) is 0 Å². The lowest BCUT2D eigenvalue weighted by Gasteiger charge is -2.10. The first-order valence-corrected chi connectivity index (χ1v) is 8.50. The molecule has 0 atom stereocenters. The summed E-state index contributed by atoms with van der Waals surface area (Å²) in [5.74, 6) is 0. The Morgan fingerprint density at radius 2 is 1.95 bits per heavy atom. The number of furan rings is 1. The third kappa shape index (κ3) is 4.31. The molecular weight excluding hydrogens is 296 g/mol. The van der Waals surface area contributed by atoms with Gasteiger partial charge in [0, 0.05) is 27.9 Å². The van der Waals surface area contributed by atoms with E-state index in [1.54, 1.807) is 12.5 Å². The highest BCUT2D eigenvalue weighted by molar-refractivity contribution is 8.00. The zero-order valence-electron chi connectivity index (χ0n) is 12.4. The average Bonchev–Trinajstić information content (AvgIpc) is 3.20. The molecule has 0 bridgehead atoms. The summed E-state index contributed by atoms with van der Waals surface area (Å²) >= 11 is 1.95. The maximum absolute atomic E-state index is 11.8. The summed E-state index contributed by atoms with van der Waals surface area (Å²) in [6.07, 6.45) is 8.56. The van der Waals surface area contributed by atoms with E-state index >= 15 is 0 Å². The molecule has 116 valence electrons. The van der Waals surface area contributed by atoms with Gasteiger partial charge in [0.25, 0.3) is 0 Å². The van der Waals surface area contributed by atoms with Gasteiger partial charge in [-0.3, -0.25) is 0 Å². The van der Waals surface area contributed by atoms with Gasteiger partial charge in [-0.25, -0.2) is 4.79 Å². The molecule has 1 heterocycles. The van der Waals surface area contributed by atoms with Crippen LogP contribution in [0.25, 0.3) is 0 Å². The molecule has 1 aliphatic carbocycles. The predicted molar refractivity (Wildman–Crippen MR) is 89.1 cm³/mol. The van der Waals surface area contributed by atoms with Crippen LogP contribution in [0.1, 0.15) is 31.2 Å². The number of anilines is 1. The van der Waals surface area contributed by atoms with Gasteiger partial charge in [-0.05, 0) is 43.2 Å². The molecular formula is C17H20N2O2S. The Kier molecular flexibility index (Phi) is 5.06. The number of urea groups is 1. The number of amides is 2. The molecule has 4 nitrogen and oxygen atoms in total. The van der Waals surface area contributed by atoms with Crippen molar-refractivity contribution in [2.45, 2.75) is 42.4 Å². The number of carbonyl (C=O) groups excluding carboxylic acids is 1. The van der Waals surface area contributed by atoms with Crippen molar-refractivity contribution < 1.29 is 9.21 Å². The van der Waals surface area contributed by atoms with E-state index in [2.05, 4.69) is 22.8 Å². The van der Waals surface area contributed by atoms with Crippen LogP contribution in [0.15, 0.2) is 52.2 Å². The quantitative estimate of drug-likeness (QED) is 0.845. The molecule has 5 heteroatoms. The molecule has 1 aromatic carbocycles. The van der Waals surface area contributed by atoms with Crippen molar-refractivity contribution in [2.75, 3.05) is 5.32 Å². The lowest BCUT2D eigenvalue weighted by molar-refractivity contribution is 0.251. The standard InChI is InChI=1S/C17H20N2O2S/c20-17(18-11-13-9-10-21-12-13)19-14-5-7-16(8-6-14)22-15-3-1-2-4-15/h5-10,12,15H,1-4,11H2,(H2,18,19,20). The molecule has 0 unspecified atom stereocenters. The van der Waals surface area contributed by atoms with Gasteiger partial charge in [0.1, 0.15) is 0 Å². The average molecular weight is 316 g/mol. The predicted octanol–water partition coefficient (Wildman–Crippen LogP) is 4.64. The Bertz CT molecular complexity index is 590. The number of benzene rings is 1. The zero-order valence-corrected chi connectivity index (χ0v) is 13.2. The first kappa shape index (κ1) is 15.0. The molecule has 2 aromatic rings. The summed E-state index contributed by atoms with van der Waals surface area (Å²) in [6.45, 7) is 0.456. The SMILES string of the molecule is O=C(NCc1ccoc1)Nc1ccc(SC2CCCC2)cc1. The summed E-state index contributed by atoms with van der Waals surface area (Å²) in [5, 5.41) is 6.39. The lowest BCUT2D eigenvalue weighted by Crippen LogP contribution is -2.27. The van der Waals surface area contributed by atoms with E-state index in [0.29, 0.717) is 6.54 Å². The van der Waals surface area contributed by atoms with E-state index in [1.807, 2.05) is 30.0 Å². The van der Waals surface area contributed by atoms with Crippen LogP contribution in [-0.2, 0) is 6.54 Å². The van der Waals surface area contributed by atoms with Gasteiger partial charge in [-0.15, -0.1) is 11.8 Å². The Morgan fingerprint density at radius 3 is 2.64 bits per heavy atom. The van der Waals surface area contributed by atoms with Crippen LogP contribution in [0, 0.1) is 0 Å². The van der Waals surface area contributed by atoms with Crippen molar-refractivity contribution in [3.63, 3.8) is 0 Å².